The Hall–Kier alpha value is -2.53. The van der Waals surface area contributed by atoms with Crippen molar-refractivity contribution in [1.82, 2.24) is 4.57 Å². The zero-order valence-corrected chi connectivity index (χ0v) is 16.7. The number of fused-ring (bicyclic) bond motifs is 1. The summed E-state index contributed by atoms with van der Waals surface area (Å²) in [7, 11) is 0. The molecule has 2 aromatic carbocycles. The van der Waals surface area contributed by atoms with E-state index in [1.54, 1.807) is 16.7 Å². The zero-order chi connectivity index (χ0) is 21.0. The van der Waals surface area contributed by atoms with Gasteiger partial charge in [-0.05, 0) is 41.7 Å². The van der Waals surface area contributed by atoms with Crippen molar-refractivity contribution < 1.29 is 18.0 Å². The number of ketones is 1. The maximum Gasteiger partial charge on any atom is 0.417 e. The van der Waals surface area contributed by atoms with E-state index in [9.17, 15) is 18.0 Å². The first-order valence-electron chi connectivity index (χ1n) is 9.27. The molecule has 1 aliphatic carbocycles. The summed E-state index contributed by atoms with van der Waals surface area (Å²) >= 11 is 5.83. The monoisotopic (exact) mass is 417 g/mol. The predicted octanol–water partition coefficient (Wildman–Crippen LogP) is 6.97. The van der Waals surface area contributed by atoms with Crippen LogP contribution in [0.25, 0.3) is 16.9 Å². The average molecular weight is 418 g/mol. The number of aromatic nitrogens is 1. The SMILES string of the molecule is CC1(C)CC(=O)c2cc(-c3ccccc3)n(-c3ccc(Cl)c(C(F)(F)F)c3)c2C1. The Kier molecular flexibility index (Phi) is 4.61. The highest BCUT2D eigenvalue weighted by molar-refractivity contribution is 6.31. The molecule has 0 fully saturated rings. The molecule has 0 atom stereocenters. The van der Waals surface area contributed by atoms with E-state index in [2.05, 4.69) is 0 Å². The maximum atomic E-state index is 13.5. The fourth-order valence-corrected chi connectivity index (χ4v) is 4.22. The minimum absolute atomic E-state index is 0.0113. The lowest BCUT2D eigenvalue weighted by Crippen LogP contribution is -2.27. The highest BCUT2D eigenvalue weighted by Crippen LogP contribution is 2.42. The molecule has 1 aliphatic rings. The van der Waals surface area contributed by atoms with Crippen molar-refractivity contribution in [2.45, 2.75) is 32.9 Å². The Morgan fingerprint density at radius 2 is 1.69 bits per heavy atom. The van der Waals surface area contributed by atoms with Crippen molar-refractivity contribution in [2.75, 3.05) is 0 Å². The largest absolute Gasteiger partial charge is 0.417 e. The fourth-order valence-electron chi connectivity index (χ4n) is 4.00. The molecule has 0 saturated heterocycles. The molecular formula is C23H19ClF3NO. The lowest BCUT2D eigenvalue weighted by molar-refractivity contribution is -0.137. The number of benzene rings is 2. The number of halogens is 4. The molecule has 0 saturated carbocycles. The summed E-state index contributed by atoms with van der Waals surface area (Å²) in [6, 6.07) is 15.0. The first-order valence-corrected chi connectivity index (χ1v) is 9.65. The molecule has 0 amide bonds. The quantitative estimate of drug-likeness (QED) is 0.441. The number of hydrogen-bond acceptors (Lipinski definition) is 1. The molecule has 3 aromatic rings. The Bertz CT molecular complexity index is 1100. The number of alkyl halides is 3. The summed E-state index contributed by atoms with van der Waals surface area (Å²) < 4.78 is 42.2. The van der Waals surface area contributed by atoms with Crippen molar-refractivity contribution in [3.05, 3.63) is 76.4 Å². The van der Waals surface area contributed by atoms with Gasteiger partial charge in [0.25, 0.3) is 0 Å². The van der Waals surface area contributed by atoms with E-state index >= 15 is 0 Å². The Labute approximate surface area is 171 Å². The molecule has 0 spiro atoms. The van der Waals surface area contributed by atoms with Gasteiger partial charge in [-0.3, -0.25) is 4.79 Å². The molecule has 0 bridgehead atoms. The lowest BCUT2D eigenvalue weighted by Gasteiger charge is -2.30. The zero-order valence-electron chi connectivity index (χ0n) is 16.0. The van der Waals surface area contributed by atoms with Crippen LogP contribution in [0.15, 0.2) is 54.6 Å². The lowest BCUT2D eigenvalue weighted by atomic mass is 9.76. The van der Waals surface area contributed by atoms with Gasteiger partial charge in [0.1, 0.15) is 0 Å². The molecule has 6 heteroatoms. The van der Waals surface area contributed by atoms with E-state index in [1.807, 2.05) is 44.2 Å². The maximum absolute atomic E-state index is 13.5. The number of rotatable bonds is 2. The second-order valence-corrected chi connectivity index (χ2v) is 8.60. The minimum Gasteiger partial charge on any atom is -0.313 e. The third-order valence-corrected chi connectivity index (χ3v) is 5.60. The van der Waals surface area contributed by atoms with Gasteiger partial charge < -0.3 is 4.57 Å². The van der Waals surface area contributed by atoms with Gasteiger partial charge in [-0.1, -0.05) is 55.8 Å². The van der Waals surface area contributed by atoms with Gasteiger partial charge in [-0.2, -0.15) is 13.2 Å². The summed E-state index contributed by atoms with van der Waals surface area (Å²) in [6.07, 6.45) is -3.57. The third kappa shape index (κ3) is 3.60. The van der Waals surface area contributed by atoms with Gasteiger partial charge in [-0.25, -0.2) is 0 Å². The summed E-state index contributed by atoms with van der Waals surface area (Å²) in [4.78, 5) is 12.8. The number of hydrogen-bond donors (Lipinski definition) is 0. The van der Waals surface area contributed by atoms with E-state index in [-0.39, 0.29) is 16.2 Å². The Morgan fingerprint density at radius 1 is 1.00 bits per heavy atom. The smallest absolute Gasteiger partial charge is 0.313 e. The van der Waals surface area contributed by atoms with Crippen LogP contribution in [-0.4, -0.2) is 10.4 Å². The molecule has 4 rings (SSSR count). The molecule has 2 nitrogen and oxygen atoms in total. The van der Waals surface area contributed by atoms with E-state index in [0.29, 0.717) is 29.8 Å². The Morgan fingerprint density at radius 3 is 2.34 bits per heavy atom. The molecule has 1 heterocycles. The first kappa shape index (κ1) is 19.8. The van der Waals surface area contributed by atoms with Crippen molar-refractivity contribution >= 4 is 17.4 Å². The van der Waals surface area contributed by atoms with Crippen LogP contribution < -0.4 is 0 Å². The van der Waals surface area contributed by atoms with Crippen LogP contribution in [0.1, 0.15) is 41.9 Å². The van der Waals surface area contributed by atoms with Crippen LogP contribution in [0.4, 0.5) is 13.2 Å². The topological polar surface area (TPSA) is 22.0 Å². The standard InChI is InChI=1S/C23H19ClF3NO/c1-22(2)12-20-16(21(29)13-22)11-19(14-6-4-3-5-7-14)28(20)15-8-9-18(24)17(10-15)23(25,26)27/h3-11H,12-13H2,1-2H3. The van der Waals surface area contributed by atoms with Crippen molar-refractivity contribution in [1.29, 1.82) is 0 Å². The summed E-state index contributed by atoms with van der Waals surface area (Å²) in [5.41, 5.74) is 2.01. The number of nitrogens with zero attached hydrogens (tertiary/aromatic N) is 1. The second-order valence-electron chi connectivity index (χ2n) is 8.19. The van der Waals surface area contributed by atoms with Crippen LogP contribution in [0.3, 0.4) is 0 Å². The third-order valence-electron chi connectivity index (χ3n) is 5.27. The van der Waals surface area contributed by atoms with E-state index in [1.165, 1.54) is 6.07 Å². The predicted molar refractivity (Wildman–Crippen MR) is 108 cm³/mol. The molecule has 29 heavy (non-hydrogen) atoms. The van der Waals surface area contributed by atoms with Gasteiger partial charge in [0.2, 0.25) is 0 Å². The van der Waals surface area contributed by atoms with E-state index < -0.39 is 11.7 Å². The van der Waals surface area contributed by atoms with Crippen molar-refractivity contribution in [2.24, 2.45) is 5.41 Å². The van der Waals surface area contributed by atoms with Crippen LogP contribution in [-0.2, 0) is 12.6 Å². The van der Waals surface area contributed by atoms with Gasteiger partial charge in [0, 0.05) is 23.4 Å². The molecule has 0 aliphatic heterocycles. The fraction of sp³-hybridized carbons (Fsp3) is 0.261. The molecule has 0 unspecified atom stereocenters. The van der Waals surface area contributed by atoms with E-state index in [4.69, 9.17) is 11.6 Å². The molecule has 0 N–H and O–H groups in total. The van der Waals surface area contributed by atoms with Gasteiger partial charge in [0.15, 0.2) is 5.78 Å². The summed E-state index contributed by atoms with van der Waals surface area (Å²) in [6.45, 7) is 3.99. The van der Waals surface area contributed by atoms with Crippen LogP contribution in [0, 0.1) is 5.41 Å². The number of Topliss-reactive ketones (excluding diaryl/α,β-unsaturated/α-hetero) is 1. The van der Waals surface area contributed by atoms with Crippen molar-refractivity contribution in [3.8, 4) is 16.9 Å². The first-order chi connectivity index (χ1) is 13.6. The summed E-state index contributed by atoms with van der Waals surface area (Å²) in [5.74, 6) is 0.0113. The normalized spacial score (nSPS) is 16.0. The molecular weight excluding hydrogens is 399 g/mol. The highest BCUT2D eigenvalue weighted by Gasteiger charge is 2.37. The molecule has 0 radical (unpaired) electrons. The second kappa shape index (κ2) is 6.77. The summed E-state index contributed by atoms with van der Waals surface area (Å²) in [5, 5.41) is -0.347. The van der Waals surface area contributed by atoms with Gasteiger partial charge in [0.05, 0.1) is 16.3 Å². The molecule has 1 aromatic heterocycles. The molecule has 150 valence electrons. The number of carbonyl (C=O) groups is 1. The average Bonchev–Trinajstić information content (AvgIpc) is 3.00. The van der Waals surface area contributed by atoms with E-state index in [0.717, 1.165) is 17.3 Å². The Balaban J connectivity index is 2.01. The highest BCUT2D eigenvalue weighted by atomic mass is 35.5. The van der Waals surface area contributed by atoms with Crippen molar-refractivity contribution in [3.63, 3.8) is 0 Å². The number of carbonyl (C=O) groups excluding carboxylic acids is 1. The van der Waals surface area contributed by atoms with Crippen LogP contribution >= 0.6 is 11.6 Å². The van der Waals surface area contributed by atoms with Gasteiger partial charge in [-0.15, -0.1) is 0 Å². The minimum atomic E-state index is -4.57. The van der Waals surface area contributed by atoms with Crippen LogP contribution in [0.5, 0.6) is 0 Å². The van der Waals surface area contributed by atoms with Crippen LogP contribution in [0.2, 0.25) is 5.02 Å². The van der Waals surface area contributed by atoms with Gasteiger partial charge >= 0.3 is 6.18 Å².